The predicted molar refractivity (Wildman–Crippen MR) is 87.5 cm³/mol. The molecule has 116 valence electrons. The second kappa shape index (κ2) is 6.56. The summed E-state index contributed by atoms with van der Waals surface area (Å²) in [6, 6.07) is 2.81. The molecule has 2 heterocycles. The zero-order valence-electron chi connectivity index (χ0n) is 14.1. The maximum Gasteiger partial charge on any atom is 0.155 e. The molecule has 21 heavy (non-hydrogen) atoms. The van der Waals surface area contributed by atoms with E-state index < -0.39 is 0 Å². The lowest BCUT2D eigenvalue weighted by molar-refractivity contribution is 0.415. The number of nitrogens with zero attached hydrogens (tertiary/aromatic N) is 3. The molecule has 0 radical (unpaired) electrons. The Balaban J connectivity index is 2.11. The zero-order chi connectivity index (χ0) is 15.6. The van der Waals surface area contributed by atoms with Crippen LogP contribution in [0.25, 0.3) is 5.65 Å². The van der Waals surface area contributed by atoms with Gasteiger partial charge in [0, 0.05) is 35.6 Å². The van der Waals surface area contributed by atoms with Gasteiger partial charge in [-0.05, 0) is 46.5 Å². The molecule has 4 heteroatoms. The van der Waals surface area contributed by atoms with Crippen LogP contribution in [-0.2, 0) is 0 Å². The van der Waals surface area contributed by atoms with Gasteiger partial charge >= 0.3 is 0 Å². The van der Waals surface area contributed by atoms with E-state index in [9.17, 15) is 0 Å². The molecule has 0 amide bonds. The van der Waals surface area contributed by atoms with Gasteiger partial charge in [0.25, 0.3) is 0 Å². The maximum atomic E-state index is 4.53. The molecule has 0 aliphatic heterocycles. The summed E-state index contributed by atoms with van der Waals surface area (Å²) in [6.07, 6.45) is 4.45. The summed E-state index contributed by atoms with van der Waals surface area (Å²) in [5.41, 5.74) is 4.33. The lowest BCUT2D eigenvalue weighted by atomic mass is 10.0. The second-order valence-corrected chi connectivity index (χ2v) is 6.62. The van der Waals surface area contributed by atoms with E-state index >= 15 is 0 Å². The van der Waals surface area contributed by atoms with Crippen molar-refractivity contribution in [3.63, 3.8) is 0 Å². The van der Waals surface area contributed by atoms with Crippen LogP contribution < -0.4 is 5.32 Å². The summed E-state index contributed by atoms with van der Waals surface area (Å²) in [4.78, 5) is 4.53. The average Bonchev–Trinajstić information content (AvgIpc) is 2.78. The molecule has 2 rings (SSSR count). The SMILES string of the molecule is Cc1cc2ncc(C(C)NC(C)CCC(C)C)c(C)n2n1. The number of nitrogens with one attached hydrogen (secondary N) is 1. The number of rotatable bonds is 6. The van der Waals surface area contributed by atoms with Crippen molar-refractivity contribution in [3.05, 3.63) is 29.2 Å². The number of fused-ring (bicyclic) bond motifs is 1. The Hall–Kier alpha value is -1.42. The van der Waals surface area contributed by atoms with Gasteiger partial charge in [-0.3, -0.25) is 0 Å². The predicted octanol–water partition coefficient (Wildman–Crippen LogP) is 3.82. The van der Waals surface area contributed by atoms with Gasteiger partial charge in [0.15, 0.2) is 5.65 Å². The van der Waals surface area contributed by atoms with Crippen LogP contribution >= 0.6 is 0 Å². The summed E-state index contributed by atoms with van der Waals surface area (Å²) >= 11 is 0. The van der Waals surface area contributed by atoms with E-state index in [0.717, 1.165) is 17.3 Å². The largest absolute Gasteiger partial charge is 0.308 e. The first kappa shape index (κ1) is 16.0. The Morgan fingerprint density at radius 3 is 2.52 bits per heavy atom. The number of hydrogen-bond donors (Lipinski definition) is 1. The van der Waals surface area contributed by atoms with E-state index in [-0.39, 0.29) is 6.04 Å². The monoisotopic (exact) mass is 288 g/mol. The molecule has 0 fully saturated rings. The number of hydrogen-bond acceptors (Lipinski definition) is 3. The second-order valence-electron chi connectivity index (χ2n) is 6.62. The fraction of sp³-hybridized carbons (Fsp3) is 0.647. The average molecular weight is 288 g/mol. The summed E-state index contributed by atoms with van der Waals surface area (Å²) in [7, 11) is 0. The van der Waals surface area contributed by atoms with Crippen LogP contribution in [0.5, 0.6) is 0 Å². The van der Waals surface area contributed by atoms with Crippen molar-refractivity contribution in [2.75, 3.05) is 0 Å². The molecule has 1 N–H and O–H groups in total. The summed E-state index contributed by atoms with van der Waals surface area (Å²) < 4.78 is 1.95. The first-order valence-corrected chi connectivity index (χ1v) is 7.96. The third-order valence-corrected chi connectivity index (χ3v) is 4.06. The van der Waals surface area contributed by atoms with Gasteiger partial charge in [-0.25, -0.2) is 9.50 Å². The van der Waals surface area contributed by atoms with Gasteiger partial charge in [-0.15, -0.1) is 0 Å². The van der Waals surface area contributed by atoms with E-state index in [2.05, 4.69) is 50.0 Å². The van der Waals surface area contributed by atoms with Crippen LogP contribution in [0.4, 0.5) is 0 Å². The Bertz CT molecular complexity index is 600. The molecule has 0 aliphatic rings. The van der Waals surface area contributed by atoms with Crippen LogP contribution in [0.3, 0.4) is 0 Å². The van der Waals surface area contributed by atoms with Crippen LogP contribution in [0.2, 0.25) is 0 Å². The van der Waals surface area contributed by atoms with Crippen LogP contribution in [0.1, 0.15) is 63.5 Å². The van der Waals surface area contributed by atoms with Crippen LogP contribution in [0.15, 0.2) is 12.3 Å². The lowest BCUT2D eigenvalue weighted by Gasteiger charge is -2.22. The third kappa shape index (κ3) is 3.82. The first-order valence-electron chi connectivity index (χ1n) is 7.96. The molecule has 2 unspecified atom stereocenters. The summed E-state index contributed by atoms with van der Waals surface area (Å²) in [6.45, 7) is 13.1. The minimum Gasteiger partial charge on any atom is -0.308 e. The topological polar surface area (TPSA) is 42.2 Å². The van der Waals surface area contributed by atoms with Gasteiger partial charge in [-0.1, -0.05) is 13.8 Å². The Morgan fingerprint density at radius 1 is 1.14 bits per heavy atom. The van der Waals surface area contributed by atoms with Crippen molar-refractivity contribution in [3.8, 4) is 0 Å². The summed E-state index contributed by atoms with van der Waals surface area (Å²) in [5.74, 6) is 0.761. The highest BCUT2D eigenvalue weighted by Crippen LogP contribution is 2.19. The van der Waals surface area contributed by atoms with Crippen molar-refractivity contribution in [1.82, 2.24) is 19.9 Å². The van der Waals surface area contributed by atoms with E-state index in [4.69, 9.17) is 0 Å². The van der Waals surface area contributed by atoms with E-state index in [0.29, 0.717) is 6.04 Å². The Kier molecular flexibility index (Phi) is 4.99. The quantitative estimate of drug-likeness (QED) is 0.878. The fourth-order valence-electron chi connectivity index (χ4n) is 2.78. The van der Waals surface area contributed by atoms with E-state index in [1.165, 1.54) is 24.1 Å². The zero-order valence-corrected chi connectivity index (χ0v) is 14.1. The van der Waals surface area contributed by atoms with Crippen molar-refractivity contribution in [2.24, 2.45) is 5.92 Å². The molecular formula is C17H28N4. The van der Waals surface area contributed by atoms with E-state index in [1.807, 2.05) is 23.7 Å². The van der Waals surface area contributed by atoms with Gasteiger partial charge in [0.2, 0.25) is 0 Å². The maximum absolute atomic E-state index is 4.53. The van der Waals surface area contributed by atoms with Crippen LogP contribution in [0, 0.1) is 19.8 Å². The molecule has 0 bridgehead atoms. The molecule has 2 atom stereocenters. The molecule has 0 saturated carbocycles. The first-order chi connectivity index (χ1) is 9.88. The van der Waals surface area contributed by atoms with Crippen LogP contribution in [-0.4, -0.2) is 20.6 Å². The lowest BCUT2D eigenvalue weighted by Crippen LogP contribution is -2.30. The number of aromatic nitrogens is 3. The number of aryl methyl sites for hydroxylation is 2. The molecule has 2 aromatic heterocycles. The smallest absolute Gasteiger partial charge is 0.155 e. The van der Waals surface area contributed by atoms with Gasteiger partial charge in [0.05, 0.1) is 5.69 Å². The van der Waals surface area contributed by atoms with Crippen molar-refractivity contribution in [1.29, 1.82) is 0 Å². The molecule has 0 spiro atoms. The van der Waals surface area contributed by atoms with Crippen molar-refractivity contribution < 1.29 is 0 Å². The van der Waals surface area contributed by atoms with Gasteiger partial charge in [-0.2, -0.15) is 5.10 Å². The third-order valence-electron chi connectivity index (χ3n) is 4.06. The molecule has 0 saturated heterocycles. The van der Waals surface area contributed by atoms with E-state index in [1.54, 1.807) is 0 Å². The molecule has 4 nitrogen and oxygen atoms in total. The van der Waals surface area contributed by atoms with Gasteiger partial charge < -0.3 is 5.32 Å². The normalized spacial score (nSPS) is 14.8. The highest BCUT2D eigenvalue weighted by molar-refractivity contribution is 5.42. The minimum atomic E-state index is 0.286. The summed E-state index contributed by atoms with van der Waals surface area (Å²) in [5, 5.41) is 8.20. The molecular weight excluding hydrogens is 260 g/mol. The fourth-order valence-corrected chi connectivity index (χ4v) is 2.78. The molecule has 0 aromatic carbocycles. The highest BCUT2D eigenvalue weighted by Gasteiger charge is 2.15. The molecule has 0 aliphatic carbocycles. The minimum absolute atomic E-state index is 0.286. The standard InChI is InChI=1S/C17H28N4/c1-11(2)7-8-12(3)19-14(5)16-10-18-17-9-13(4)20-21(17)15(16)6/h9-12,14,19H,7-8H2,1-6H3. The Morgan fingerprint density at radius 2 is 1.86 bits per heavy atom. The molecule has 2 aromatic rings. The van der Waals surface area contributed by atoms with Gasteiger partial charge in [0.1, 0.15) is 0 Å². The Labute approximate surface area is 128 Å². The van der Waals surface area contributed by atoms with Crippen molar-refractivity contribution in [2.45, 2.75) is 66.5 Å². The highest BCUT2D eigenvalue weighted by atomic mass is 15.3. The van der Waals surface area contributed by atoms with Crippen molar-refractivity contribution >= 4 is 5.65 Å².